The van der Waals surface area contributed by atoms with Gasteiger partial charge >= 0.3 is 0 Å². The number of aromatic nitrogens is 4. The largest absolute Gasteiger partial charge is 0.353 e. The average molecular weight is 647 g/mol. The van der Waals surface area contributed by atoms with Crippen molar-refractivity contribution in [1.82, 2.24) is 19.1 Å². The fourth-order valence-electron chi connectivity index (χ4n) is 6.71. The zero-order valence-electron chi connectivity index (χ0n) is 26.8. The molecule has 0 aliphatic heterocycles. The predicted octanol–water partition coefficient (Wildman–Crippen LogP) is 10.1. The normalized spacial score (nSPS) is 12.5. The summed E-state index contributed by atoms with van der Waals surface area (Å²) >= 11 is 0. The molecule has 0 amide bonds. The first-order chi connectivity index (χ1) is 23.1. The highest BCUT2D eigenvalue weighted by Crippen LogP contribution is 2.39. The predicted molar refractivity (Wildman–Crippen MR) is 197 cm³/mol. The Morgan fingerprint density at radius 1 is 0.500 bits per heavy atom. The van der Waals surface area contributed by atoms with Crippen molar-refractivity contribution in [2.75, 3.05) is 0 Å². The van der Waals surface area contributed by atoms with Crippen molar-refractivity contribution in [2.45, 2.75) is 12.2 Å². The first-order valence-corrected chi connectivity index (χ1v) is 15.9. The molecule has 8 aromatic rings. The molecule has 0 spiro atoms. The molecule has 2 heterocycles. The Morgan fingerprint density at radius 2 is 0.917 bits per heavy atom. The number of nitrogens with zero attached hydrogens (tertiary/aromatic N) is 4. The lowest BCUT2D eigenvalue weighted by molar-refractivity contribution is 0.0233. The number of imidazole rings is 2. The second-order valence-electron chi connectivity index (χ2n) is 12.1. The van der Waals surface area contributed by atoms with E-state index in [0.717, 1.165) is 33.6 Å². The molecule has 6 heteroatoms. The summed E-state index contributed by atoms with van der Waals surface area (Å²) in [5.41, 5.74) is 8.72. The van der Waals surface area contributed by atoms with Crippen LogP contribution in [-0.4, -0.2) is 19.1 Å². The molecular weight excluding hydrogens is 612 g/mol. The lowest BCUT2D eigenvalue weighted by Crippen LogP contribution is -2.17. The first-order valence-electron chi connectivity index (χ1n) is 15.9. The standard InChI is InChI=1S/C42H34N4O.ClH/c1-45-27-43-25-39(45)41(33-17-7-15-31(23-33)37-21-9-13-29-11-3-5-19-35(29)37)47-42(40-26-44-28-46(40)2)34-18-8-16-32(24-34)38-22-10-14-30-12-4-6-20-36(30)38;/h3-28,41-42H,1-2H3;1H. The van der Waals surface area contributed by atoms with Crippen LogP contribution in [0, 0.1) is 0 Å². The fraction of sp³-hybridized carbons (Fsp3) is 0.0952. The fourth-order valence-corrected chi connectivity index (χ4v) is 6.71. The van der Waals surface area contributed by atoms with Crippen LogP contribution in [0.1, 0.15) is 34.7 Å². The second kappa shape index (κ2) is 13.3. The SMILES string of the molecule is Cl.Cn1cncc1C(OC(c1cccc(-c2cccc3ccccc23)c1)c1cncn1C)c1cccc(-c2cccc3ccccc23)c1. The van der Waals surface area contributed by atoms with E-state index < -0.39 is 12.2 Å². The Balaban J connectivity index is 0.00000364. The van der Waals surface area contributed by atoms with Crippen molar-refractivity contribution in [3.63, 3.8) is 0 Å². The molecule has 2 atom stereocenters. The molecule has 2 aromatic heterocycles. The van der Waals surface area contributed by atoms with Crippen LogP contribution in [0.5, 0.6) is 0 Å². The van der Waals surface area contributed by atoms with Gasteiger partial charge in [0.2, 0.25) is 0 Å². The Hall–Kier alpha value is -5.49. The number of hydrogen-bond acceptors (Lipinski definition) is 3. The summed E-state index contributed by atoms with van der Waals surface area (Å²) in [6, 6.07) is 47.5. The second-order valence-corrected chi connectivity index (χ2v) is 12.1. The molecule has 0 aliphatic rings. The molecule has 0 N–H and O–H groups in total. The molecule has 6 aromatic carbocycles. The number of hydrogen-bond donors (Lipinski definition) is 0. The lowest BCUT2D eigenvalue weighted by Gasteiger charge is -2.27. The van der Waals surface area contributed by atoms with Gasteiger partial charge in [-0.2, -0.15) is 0 Å². The molecule has 0 aliphatic carbocycles. The monoisotopic (exact) mass is 646 g/mol. The van der Waals surface area contributed by atoms with Crippen molar-refractivity contribution in [3.8, 4) is 22.3 Å². The quantitative estimate of drug-likeness (QED) is 0.165. The minimum atomic E-state index is -0.404. The van der Waals surface area contributed by atoms with E-state index in [0.29, 0.717) is 0 Å². The van der Waals surface area contributed by atoms with Gasteiger partial charge in [0.05, 0.1) is 36.4 Å². The van der Waals surface area contributed by atoms with Gasteiger partial charge in [0, 0.05) is 14.1 Å². The van der Waals surface area contributed by atoms with E-state index in [9.17, 15) is 0 Å². The maximum atomic E-state index is 7.31. The average Bonchev–Trinajstić information content (AvgIpc) is 3.75. The molecule has 5 nitrogen and oxygen atoms in total. The van der Waals surface area contributed by atoms with Gasteiger partial charge in [-0.1, -0.05) is 121 Å². The zero-order chi connectivity index (χ0) is 31.7. The van der Waals surface area contributed by atoms with E-state index in [4.69, 9.17) is 4.74 Å². The van der Waals surface area contributed by atoms with Crippen LogP contribution in [0.15, 0.2) is 159 Å². The first kappa shape index (κ1) is 31.1. The van der Waals surface area contributed by atoms with Crippen molar-refractivity contribution < 1.29 is 4.74 Å². The molecule has 0 bridgehead atoms. The van der Waals surface area contributed by atoms with Crippen LogP contribution in [-0.2, 0) is 18.8 Å². The van der Waals surface area contributed by atoms with Crippen LogP contribution >= 0.6 is 12.4 Å². The summed E-state index contributed by atoms with van der Waals surface area (Å²) in [7, 11) is 4.04. The number of aryl methyl sites for hydroxylation is 2. The molecule has 236 valence electrons. The van der Waals surface area contributed by atoms with Crippen LogP contribution in [0.25, 0.3) is 43.8 Å². The van der Waals surface area contributed by atoms with Crippen LogP contribution < -0.4 is 0 Å². The third-order valence-corrected chi connectivity index (χ3v) is 9.10. The topological polar surface area (TPSA) is 44.9 Å². The number of ether oxygens (including phenoxy) is 1. The van der Waals surface area contributed by atoms with Gasteiger partial charge in [0.25, 0.3) is 0 Å². The van der Waals surface area contributed by atoms with Crippen LogP contribution in [0.2, 0.25) is 0 Å². The van der Waals surface area contributed by atoms with E-state index in [2.05, 4.69) is 143 Å². The van der Waals surface area contributed by atoms with Gasteiger partial charge in [-0.15, -0.1) is 12.4 Å². The molecule has 8 rings (SSSR count). The Morgan fingerprint density at radius 3 is 1.35 bits per heavy atom. The third-order valence-electron chi connectivity index (χ3n) is 9.10. The van der Waals surface area contributed by atoms with E-state index in [-0.39, 0.29) is 12.4 Å². The summed E-state index contributed by atoms with van der Waals surface area (Å²) in [6.45, 7) is 0. The number of halogens is 1. The molecular formula is C42H35ClN4O. The molecule has 0 saturated heterocycles. The molecule has 48 heavy (non-hydrogen) atoms. The Labute approximate surface area is 286 Å². The van der Waals surface area contributed by atoms with Gasteiger partial charge in [-0.05, 0) is 67.1 Å². The van der Waals surface area contributed by atoms with Gasteiger partial charge < -0.3 is 13.9 Å². The molecule has 2 unspecified atom stereocenters. The van der Waals surface area contributed by atoms with E-state index in [1.807, 2.05) is 48.3 Å². The van der Waals surface area contributed by atoms with Gasteiger partial charge in [-0.25, -0.2) is 9.97 Å². The highest BCUT2D eigenvalue weighted by Gasteiger charge is 2.28. The Kier molecular flexibility index (Phi) is 8.64. The minimum absolute atomic E-state index is 0. The van der Waals surface area contributed by atoms with E-state index >= 15 is 0 Å². The Bertz CT molecular complexity index is 2180. The molecule has 0 fully saturated rings. The van der Waals surface area contributed by atoms with Crippen molar-refractivity contribution in [2.24, 2.45) is 14.1 Å². The summed E-state index contributed by atoms with van der Waals surface area (Å²) in [6.07, 6.45) is 6.67. The molecule has 0 radical (unpaired) electrons. The summed E-state index contributed by atoms with van der Waals surface area (Å²) in [5, 5.41) is 4.89. The van der Waals surface area contributed by atoms with Gasteiger partial charge in [0.15, 0.2) is 0 Å². The highest BCUT2D eigenvalue weighted by atomic mass is 35.5. The van der Waals surface area contributed by atoms with Gasteiger partial charge in [0.1, 0.15) is 12.2 Å². The lowest BCUT2D eigenvalue weighted by atomic mass is 9.94. The third kappa shape index (κ3) is 5.79. The minimum Gasteiger partial charge on any atom is -0.353 e. The van der Waals surface area contributed by atoms with E-state index in [1.54, 1.807) is 0 Å². The number of rotatable bonds is 8. The smallest absolute Gasteiger partial charge is 0.125 e. The number of fused-ring (bicyclic) bond motifs is 2. The van der Waals surface area contributed by atoms with Crippen LogP contribution in [0.3, 0.4) is 0 Å². The summed E-state index contributed by atoms with van der Waals surface area (Å²) < 4.78 is 11.4. The number of benzene rings is 6. The van der Waals surface area contributed by atoms with Gasteiger partial charge in [-0.3, -0.25) is 0 Å². The van der Waals surface area contributed by atoms with Crippen molar-refractivity contribution >= 4 is 34.0 Å². The van der Waals surface area contributed by atoms with Crippen molar-refractivity contribution in [3.05, 3.63) is 181 Å². The molecule has 0 saturated carbocycles. The van der Waals surface area contributed by atoms with Crippen molar-refractivity contribution in [1.29, 1.82) is 0 Å². The van der Waals surface area contributed by atoms with Crippen LogP contribution in [0.4, 0.5) is 0 Å². The van der Waals surface area contributed by atoms with E-state index in [1.165, 1.54) is 32.7 Å². The summed E-state index contributed by atoms with van der Waals surface area (Å²) in [5.74, 6) is 0. The zero-order valence-corrected chi connectivity index (χ0v) is 27.6. The maximum Gasteiger partial charge on any atom is 0.125 e. The summed E-state index contributed by atoms with van der Waals surface area (Å²) in [4.78, 5) is 9.00. The highest BCUT2D eigenvalue weighted by molar-refractivity contribution is 5.97. The maximum absolute atomic E-state index is 7.31.